The van der Waals surface area contributed by atoms with E-state index in [1.807, 2.05) is 24.4 Å². The molecule has 0 bridgehead atoms. The minimum Gasteiger partial charge on any atom is -0.509 e. The van der Waals surface area contributed by atoms with Crippen molar-refractivity contribution in [2.75, 3.05) is 9.80 Å². The molecule has 0 amide bonds. The number of ether oxygens (including phenoxy) is 1. The smallest absolute Gasteiger partial charge is 0.135 e. The summed E-state index contributed by atoms with van der Waals surface area (Å²) in [6.45, 7) is 27.2. The largest absolute Gasteiger partial charge is 0.509 e. The molecule has 6 aromatic carbocycles. The number of hydrogen-bond donors (Lipinski definition) is 0. The number of benzene rings is 6. The van der Waals surface area contributed by atoms with Crippen molar-refractivity contribution in [3.05, 3.63) is 186 Å². The maximum Gasteiger partial charge on any atom is 0.135 e. The molecule has 2 aromatic heterocycles. The summed E-state index contributed by atoms with van der Waals surface area (Å²) >= 11 is 0. The molecule has 0 saturated heterocycles. The number of hydrogen-bond acceptors (Lipinski definition) is 4. The molecule has 0 atom stereocenters. The molecule has 324 valence electrons. The van der Waals surface area contributed by atoms with Crippen molar-refractivity contribution < 1.29 is 25.8 Å². The van der Waals surface area contributed by atoms with E-state index in [2.05, 4.69) is 225 Å². The Hall–Kier alpha value is -5.64. The molecule has 0 unspecified atom stereocenters. The third kappa shape index (κ3) is 8.33. The molecule has 6 heteroatoms. The van der Waals surface area contributed by atoms with E-state index in [0.29, 0.717) is 11.5 Å². The van der Waals surface area contributed by atoms with E-state index in [1.54, 1.807) is 0 Å². The number of pyridine rings is 1. The van der Waals surface area contributed by atoms with E-state index < -0.39 is 0 Å². The van der Waals surface area contributed by atoms with E-state index in [1.165, 1.54) is 27.8 Å². The summed E-state index contributed by atoms with van der Waals surface area (Å²) < 4.78 is 8.86. The van der Waals surface area contributed by atoms with E-state index in [4.69, 9.17) is 9.72 Å². The van der Waals surface area contributed by atoms with Crippen molar-refractivity contribution in [3.63, 3.8) is 0 Å². The average Bonchev–Trinajstić information content (AvgIpc) is 3.79. The molecular weight excluding hydrogens is 952 g/mol. The molecule has 0 aliphatic carbocycles. The minimum atomic E-state index is -0.248. The maximum atomic E-state index is 6.65. The van der Waals surface area contributed by atoms with Gasteiger partial charge in [0.05, 0.1) is 0 Å². The molecule has 9 rings (SSSR count). The van der Waals surface area contributed by atoms with Gasteiger partial charge < -0.3 is 19.1 Å². The van der Waals surface area contributed by atoms with Crippen LogP contribution in [0, 0.1) is 18.8 Å². The summed E-state index contributed by atoms with van der Waals surface area (Å²) in [6.07, 6.45) is 1.93. The van der Waals surface area contributed by atoms with Gasteiger partial charge in [0.1, 0.15) is 5.82 Å². The molecule has 0 saturated carbocycles. The van der Waals surface area contributed by atoms with Crippen molar-refractivity contribution in [2.45, 2.75) is 97.8 Å². The summed E-state index contributed by atoms with van der Waals surface area (Å²) in [5.74, 6) is 2.05. The van der Waals surface area contributed by atoms with Crippen LogP contribution in [0.5, 0.6) is 11.5 Å². The van der Waals surface area contributed by atoms with E-state index in [0.717, 1.165) is 50.4 Å². The second-order valence-corrected chi connectivity index (χ2v) is 20.4. The Morgan fingerprint density at radius 2 is 1.11 bits per heavy atom. The van der Waals surface area contributed by atoms with Gasteiger partial charge in [-0.15, -0.1) is 48.1 Å². The van der Waals surface area contributed by atoms with Gasteiger partial charge in [0.15, 0.2) is 0 Å². The summed E-state index contributed by atoms with van der Waals surface area (Å²) in [4.78, 5) is 9.47. The second-order valence-electron chi connectivity index (χ2n) is 20.4. The molecule has 1 aliphatic heterocycles. The average molecular weight is 1010 g/mol. The number of nitrogens with zero attached hydrogens (tertiary/aromatic N) is 4. The topological polar surface area (TPSA) is 33.5 Å². The fraction of sp³-hybridized carbons (Fsp3) is 0.263. The molecule has 5 nitrogen and oxygen atoms in total. The molecular formula is C57H57N4OPt-3. The predicted octanol–water partition coefficient (Wildman–Crippen LogP) is 15.2. The van der Waals surface area contributed by atoms with E-state index in [9.17, 15) is 0 Å². The van der Waals surface area contributed by atoms with Crippen LogP contribution in [0.4, 0.5) is 22.7 Å². The quantitative estimate of drug-likeness (QED) is 0.149. The van der Waals surface area contributed by atoms with Crippen molar-refractivity contribution in [2.24, 2.45) is 0 Å². The van der Waals surface area contributed by atoms with Crippen molar-refractivity contribution in [1.82, 2.24) is 9.55 Å². The summed E-state index contributed by atoms with van der Waals surface area (Å²) in [5.41, 5.74) is 12.4. The van der Waals surface area contributed by atoms with Crippen LogP contribution in [0.1, 0.15) is 104 Å². The molecule has 0 radical (unpaired) electrons. The molecule has 0 spiro atoms. The normalized spacial score (nSPS) is 13.4. The number of aromatic nitrogens is 2. The van der Waals surface area contributed by atoms with Crippen molar-refractivity contribution in [1.29, 1.82) is 0 Å². The van der Waals surface area contributed by atoms with Crippen LogP contribution in [0.25, 0.3) is 27.6 Å². The van der Waals surface area contributed by atoms with Crippen molar-refractivity contribution >= 4 is 44.6 Å². The van der Waals surface area contributed by atoms with Gasteiger partial charge in [-0.25, -0.2) is 4.98 Å². The third-order valence-electron chi connectivity index (χ3n) is 12.5. The summed E-state index contributed by atoms with van der Waals surface area (Å²) in [7, 11) is 0. The van der Waals surface area contributed by atoms with Gasteiger partial charge in [0.25, 0.3) is 0 Å². The first-order chi connectivity index (χ1) is 29.4. The van der Waals surface area contributed by atoms with E-state index >= 15 is 0 Å². The standard InChI is InChI=1S/C57H57N4O.Pt/c1-54(2,3)38-23-25-39(26-24-38)57(10,11)40-29-30-58-53(34-40)61-49-20-13-12-19-47(49)48-28-27-46(36-52(48)61)62-45-18-16-17-43(35-45)59-37-60(51-22-15-14-21-50(51)59)44-32-41(55(4,5)6)31-42(33-44)56(7,8)9;/h12-34,37H,1-11H3;/q-3;. The first-order valence-electron chi connectivity index (χ1n) is 21.8. The van der Waals surface area contributed by atoms with Gasteiger partial charge >= 0.3 is 0 Å². The second kappa shape index (κ2) is 16.2. The number of fused-ring (bicyclic) bond motifs is 4. The van der Waals surface area contributed by atoms with Crippen LogP contribution in [-0.4, -0.2) is 9.55 Å². The molecule has 1 aliphatic rings. The first-order valence-corrected chi connectivity index (χ1v) is 21.8. The minimum absolute atomic E-state index is 0. The van der Waals surface area contributed by atoms with Gasteiger partial charge in [-0.05, 0) is 91.9 Å². The Morgan fingerprint density at radius 1 is 0.508 bits per heavy atom. The van der Waals surface area contributed by atoms with Crippen LogP contribution in [0.3, 0.4) is 0 Å². The zero-order chi connectivity index (χ0) is 43.8. The van der Waals surface area contributed by atoms with Gasteiger partial charge in [-0.1, -0.05) is 142 Å². The third-order valence-corrected chi connectivity index (χ3v) is 12.5. The van der Waals surface area contributed by atoms with Gasteiger partial charge in [0.2, 0.25) is 0 Å². The zero-order valence-corrected chi connectivity index (χ0v) is 40.6. The summed E-state index contributed by atoms with van der Waals surface area (Å²) in [6, 6.07) is 55.0. The fourth-order valence-electron chi connectivity index (χ4n) is 8.53. The van der Waals surface area contributed by atoms with Crippen LogP contribution >= 0.6 is 0 Å². The fourth-order valence-corrected chi connectivity index (χ4v) is 8.53. The van der Waals surface area contributed by atoms with Gasteiger partial charge in [-0.3, -0.25) is 0 Å². The molecule has 63 heavy (non-hydrogen) atoms. The van der Waals surface area contributed by atoms with Crippen LogP contribution in [0.2, 0.25) is 0 Å². The first kappa shape index (κ1) is 44.0. The van der Waals surface area contributed by atoms with Crippen LogP contribution in [-0.2, 0) is 42.7 Å². The van der Waals surface area contributed by atoms with Gasteiger partial charge in [0, 0.05) is 66.8 Å². The Labute approximate surface area is 389 Å². The Kier molecular flexibility index (Phi) is 11.3. The SMILES string of the molecule is CC(C)(C)c1ccc(C(C)(C)c2ccnc(-n3c4[c-]c(Oc5[c-]c(N6[CH-]N(c7cc(C(C)(C)C)cc(C(C)(C)C)c7)c7ccccc76)ccc5)ccc4c4ccccc43)c2)cc1.[Pt]. The van der Waals surface area contributed by atoms with Crippen LogP contribution < -0.4 is 14.5 Å². The van der Waals surface area contributed by atoms with Crippen molar-refractivity contribution in [3.8, 4) is 17.3 Å². The number of rotatable bonds is 7. The Morgan fingerprint density at radius 3 is 1.78 bits per heavy atom. The Bertz CT molecular complexity index is 2930. The Balaban J connectivity index is 0.00000544. The number of para-hydroxylation sites is 3. The van der Waals surface area contributed by atoms with Crippen LogP contribution in [0.15, 0.2) is 140 Å². The molecule has 0 N–H and O–H groups in total. The molecule has 0 fully saturated rings. The molecule has 3 heterocycles. The number of anilines is 4. The van der Waals surface area contributed by atoms with Gasteiger partial charge in [-0.2, -0.15) is 12.1 Å². The molecule has 8 aromatic rings. The monoisotopic (exact) mass is 1010 g/mol. The zero-order valence-electron chi connectivity index (χ0n) is 38.4. The van der Waals surface area contributed by atoms with E-state index in [-0.39, 0.29) is 42.7 Å². The summed E-state index contributed by atoms with van der Waals surface area (Å²) in [5, 5.41) is 2.22. The maximum absolute atomic E-state index is 6.65. The predicted molar refractivity (Wildman–Crippen MR) is 259 cm³/mol.